The Balaban J connectivity index is 1.34. The zero-order chi connectivity index (χ0) is 17.6. The lowest BCUT2D eigenvalue weighted by Gasteiger charge is -2.58. The Hall–Kier alpha value is -1.30. The fourth-order valence-electron chi connectivity index (χ4n) is 4.43. The summed E-state index contributed by atoms with van der Waals surface area (Å²) in [5.41, 5.74) is 2.33. The maximum atomic E-state index is 12.1. The number of nitrogens with one attached hydrogen (secondary N) is 1. The average molecular weight is 363 g/mol. The molecule has 25 heavy (non-hydrogen) atoms. The van der Waals surface area contributed by atoms with Crippen molar-refractivity contribution in [2.24, 2.45) is 5.41 Å². The first-order chi connectivity index (χ1) is 12.0. The third-order valence-electron chi connectivity index (χ3n) is 6.12. The lowest BCUT2D eigenvalue weighted by atomic mass is 9.61. The molecule has 3 aliphatic rings. The van der Waals surface area contributed by atoms with Gasteiger partial charge in [-0.3, -0.25) is 9.69 Å². The quantitative estimate of drug-likeness (QED) is 0.891. The van der Waals surface area contributed by atoms with E-state index in [0.717, 1.165) is 37.9 Å². The summed E-state index contributed by atoms with van der Waals surface area (Å²) in [6.45, 7) is 6.73. The average Bonchev–Trinajstić information content (AvgIpc) is 2.52. The molecule has 2 saturated heterocycles. The molecule has 5 nitrogen and oxygen atoms in total. The van der Waals surface area contributed by atoms with Gasteiger partial charge in [0, 0.05) is 65.1 Å². The van der Waals surface area contributed by atoms with Gasteiger partial charge in [0.15, 0.2) is 0 Å². The summed E-state index contributed by atoms with van der Waals surface area (Å²) in [5, 5.41) is 3.95. The molecule has 1 amide bonds. The molecule has 0 atom stereocenters. The van der Waals surface area contributed by atoms with Gasteiger partial charge in [-0.1, -0.05) is 11.6 Å². The smallest absolute Gasteiger partial charge is 0.254 e. The van der Waals surface area contributed by atoms with Gasteiger partial charge >= 0.3 is 0 Å². The van der Waals surface area contributed by atoms with Crippen LogP contribution in [-0.2, 0) is 0 Å². The van der Waals surface area contributed by atoms with Crippen molar-refractivity contribution in [3.8, 4) is 0 Å². The van der Waals surface area contributed by atoms with Crippen molar-refractivity contribution in [3.05, 3.63) is 28.8 Å². The van der Waals surface area contributed by atoms with Crippen molar-refractivity contribution >= 4 is 23.2 Å². The highest BCUT2D eigenvalue weighted by molar-refractivity contribution is 6.34. The third-order valence-corrected chi connectivity index (χ3v) is 6.44. The van der Waals surface area contributed by atoms with Gasteiger partial charge in [0.1, 0.15) is 0 Å². The Bertz CT molecular complexity index is 657. The minimum absolute atomic E-state index is 0.0502. The standard InChI is InChI=1S/C19H27ClN4O/c1-22(2)18(25)16-4-3-14(9-17(16)20)23-5-7-24(8-6-23)15-10-19(11-15)12-21-13-19/h3-4,9,15,21H,5-8,10-13H2,1-2H3. The summed E-state index contributed by atoms with van der Waals surface area (Å²) in [7, 11) is 3.49. The predicted octanol–water partition coefficient (Wildman–Crippen LogP) is 1.92. The van der Waals surface area contributed by atoms with Crippen molar-refractivity contribution in [2.45, 2.75) is 18.9 Å². The Labute approximate surface area is 154 Å². The SMILES string of the molecule is CN(C)C(=O)c1ccc(N2CCN(C3CC4(CNC4)C3)CC2)cc1Cl. The first kappa shape index (κ1) is 17.1. The number of nitrogens with zero attached hydrogens (tertiary/aromatic N) is 3. The second-order valence-electron chi connectivity index (χ2n) is 8.05. The van der Waals surface area contributed by atoms with E-state index < -0.39 is 0 Å². The molecule has 1 saturated carbocycles. The molecule has 0 bridgehead atoms. The van der Waals surface area contributed by atoms with Gasteiger partial charge in [-0.2, -0.15) is 0 Å². The van der Waals surface area contributed by atoms with Crippen LogP contribution in [0.1, 0.15) is 23.2 Å². The Morgan fingerprint density at radius 3 is 2.40 bits per heavy atom. The highest BCUT2D eigenvalue weighted by Crippen LogP contribution is 2.46. The van der Waals surface area contributed by atoms with Crippen LogP contribution in [0.3, 0.4) is 0 Å². The minimum Gasteiger partial charge on any atom is -0.369 e. The first-order valence-electron chi connectivity index (χ1n) is 9.18. The number of piperazine rings is 1. The van der Waals surface area contributed by atoms with E-state index >= 15 is 0 Å². The van der Waals surface area contributed by atoms with E-state index in [1.54, 1.807) is 19.0 Å². The van der Waals surface area contributed by atoms with E-state index in [4.69, 9.17) is 11.6 Å². The Kier molecular flexibility index (Phi) is 4.42. The van der Waals surface area contributed by atoms with Gasteiger partial charge in [-0.25, -0.2) is 0 Å². The minimum atomic E-state index is -0.0502. The van der Waals surface area contributed by atoms with Crippen LogP contribution >= 0.6 is 11.6 Å². The molecule has 1 N–H and O–H groups in total. The van der Waals surface area contributed by atoms with E-state index in [0.29, 0.717) is 16.0 Å². The monoisotopic (exact) mass is 362 g/mol. The topological polar surface area (TPSA) is 38.8 Å². The normalized spacial score (nSPS) is 23.2. The van der Waals surface area contributed by atoms with Crippen LogP contribution in [0, 0.1) is 5.41 Å². The van der Waals surface area contributed by atoms with Crippen molar-refractivity contribution in [2.75, 3.05) is 58.3 Å². The number of anilines is 1. The third kappa shape index (κ3) is 3.14. The number of carbonyl (C=O) groups is 1. The predicted molar refractivity (Wildman–Crippen MR) is 102 cm³/mol. The number of carbonyl (C=O) groups excluding carboxylic acids is 1. The van der Waals surface area contributed by atoms with E-state index in [1.165, 1.54) is 25.9 Å². The Morgan fingerprint density at radius 1 is 1.20 bits per heavy atom. The lowest BCUT2D eigenvalue weighted by Crippen LogP contribution is -2.66. The molecular weight excluding hydrogens is 336 g/mol. The maximum Gasteiger partial charge on any atom is 0.254 e. The molecule has 3 fully saturated rings. The molecule has 0 radical (unpaired) electrons. The van der Waals surface area contributed by atoms with Crippen LogP contribution in [0.5, 0.6) is 0 Å². The maximum absolute atomic E-state index is 12.1. The van der Waals surface area contributed by atoms with Crippen molar-refractivity contribution in [1.82, 2.24) is 15.1 Å². The van der Waals surface area contributed by atoms with Crippen LogP contribution in [0.15, 0.2) is 18.2 Å². The second kappa shape index (κ2) is 6.45. The number of benzene rings is 1. The molecule has 2 heterocycles. The number of halogens is 1. The van der Waals surface area contributed by atoms with Gasteiger partial charge in [0.25, 0.3) is 5.91 Å². The summed E-state index contributed by atoms with van der Waals surface area (Å²) in [5.74, 6) is -0.0502. The van der Waals surface area contributed by atoms with Gasteiger partial charge in [-0.15, -0.1) is 0 Å². The van der Waals surface area contributed by atoms with Crippen LogP contribution in [0.2, 0.25) is 5.02 Å². The second-order valence-corrected chi connectivity index (χ2v) is 8.46. The fraction of sp³-hybridized carbons (Fsp3) is 0.632. The van der Waals surface area contributed by atoms with E-state index in [-0.39, 0.29) is 5.91 Å². The number of hydrogen-bond donors (Lipinski definition) is 1. The Morgan fingerprint density at radius 2 is 1.88 bits per heavy atom. The van der Waals surface area contributed by atoms with E-state index in [1.807, 2.05) is 18.2 Å². The molecule has 136 valence electrons. The summed E-state index contributed by atoms with van der Waals surface area (Å²) < 4.78 is 0. The summed E-state index contributed by atoms with van der Waals surface area (Å²) >= 11 is 6.36. The van der Waals surface area contributed by atoms with Gasteiger partial charge in [0.2, 0.25) is 0 Å². The van der Waals surface area contributed by atoms with Gasteiger partial charge in [-0.05, 0) is 36.5 Å². The number of hydrogen-bond acceptors (Lipinski definition) is 4. The van der Waals surface area contributed by atoms with Crippen LogP contribution in [-0.4, -0.2) is 75.1 Å². The highest BCUT2D eigenvalue weighted by atomic mass is 35.5. The molecule has 1 spiro atoms. The fourth-order valence-corrected chi connectivity index (χ4v) is 4.68. The molecule has 0 aromatic heterocycles. The number of amides is 1. The molecule has 6 heteroatoms. The molecule has 1 aromatic carbocycles. The largest absolute Gasteiger partial charge is 0.369 e. The van der Waals surface area contributed by atoms with Crippen molar-refractivity contribution < 1.29 is 4.79 Å². The summed E-state index contributed by atoms with van der Waals surface area (Å²) in [6.07, 6.45) is 2.74. The van der Waals surface area contributed by atoms with Crippen LogP contribution < -0.4 is 10.2 Å². The van der Waals surface area contributed by atoms with Crippen molar-refractivity contribution in [1.29, 1.82) is 0 Å². The molecule has 1 aliphatic carbocycles. The first-order valence-corrected chi connectivity index (χ1v) is 9.56. The van der Waals surface area contributed by atoms with Crippen LogP contribution in [0.4, 0.5) is 5.69 Å². The number of rotatable bonds is 3. The molecule has 0 unspecified atom stereocenters. The van der Waals surface area contributed by atoms with E-state index in [9.17, 15) is 4.79 Å². The molecule has 1 aromatic rings. The molecule has 2 aliphatic heterocycles. The highest BCUT2D eigenvalue weighted by Gasteiger charge is 2.50. The summed E-state index contributed by atoms with van der Waals surface area (Å²) in [4.78, 5) is 18.7. The van der Waals surface area contributed by atoms with Crippen molar-refractivity contribution in [3.63, 3.8) is 0 Å². The van der Waals surface area contributed by atoms with Crippen LogP contribution in [0.25, 0.3) is 0 Å². The van der Waals surface area contributed by atoms with E-state index in [2.05, 4.69) is 15.1 Å². The zero-order valence-corrected chi connectivity index (χ0v) is 15.9. The van der Waals surface area contributed by atoms with Gasteiger partial charge < -0.3 is 15.1 Å². The summed E-state index contributed by atoms with van der Waals surface area (Å²) in [6, 6.07) is 6.60. The lowest BCUT2D eigenvalue weighted by molar-refractivity contribution is -0.0373. The zero-order valence-electron chi connectivity index (χ0n) is 15.1. The van der Waals surface area contributed by atoms with Gasteiger partial charge in [0.05, 0.1) is 10.6 Å². The molecular formula is C19H27ClN4O. The molecule has 4 rings (SSSR count).